The van der Waals surface area contributed by atoms with Crippen molar-refractivity contribution >= 4 is 0 Å². The fourth-order valence-electron chi connectivity index (χ4n) is 5.83. The fraction of sp³-hybridized carbons (Fsp3) is 0.889. The fourth-order valence-corrected chi connectivity index (χ4v) is 5.83. The van der Waals surface area contributed by atoms with Crippen LogP contribution in [0.2, 0.25) is 0 Å². The molecule has 1 N–H and O–H groups in total. The van der Waals surface area contributed by atoms with Gasteiger partial charge in [0.15, 0.2) is 0 Å². The van der Waals surface area contributed by atoms with Crippen molar-refractivity contribution in [1.82, 2.24) is 5.32 Å². The number of hydrogen-bond donors (Lipinski definition) is 1. The van der Waals surface area contributed by atoms with Crippen LogP contribution in [0.3, 0.4) is 0 Å². The van der Waals surface area contributed by atoms with Crippen molar-refractivity contribution in [3.63, 3.8) is 0 Å². The second-order valence-electron chi connectivity index (χ2n) is 7.65. The average Bonchev–Trinajstić information content (AvgIpc) is 2.37. The lowest BCUT2D eigenvalue weighted by atomic mass is 9.47. The minimum absolute atomic E-state index is 0.660. The minimum atomic E-state index is 0.660. The molecule has 108 valence electrons. The van der Waals surface area contributed by atoms with Crippen LogP contribution in [0, 0.1) is 23.2 Å². The van der Waals surface area contributed by atoms with Crippen molar-refractivity contribution in [2.45, 2.75) is 70.8 Å². The maximum atomic E-state index is 3.93. The van der Waals surface area contributed by atoms with Gasteiger partial charge in [-0.05, 0) is 87.5 Å². The molecule has 0 spiro atoms. The molecule has 4 aliphatic rings. The third kappa shape index (κ3) is 2.63. The Morgan fingerprint density at radius 1 is 1.16 bits per heavy atom. The first-order valence-electron chi connectivity index (χ1n) is 8.60. The molecule has 4 saturated carbocycles. The largest absolute Gasteiger partial charge is 0.313 e. The van der Waals surface area contributed by atoms with Crippen molar-refractivity contribution < 1.29 is 0 Å². The van der Waals surface area contributed by atoms with Crippen LogP contribution in [-0.2, 0) is 0 Å². The molecule has 0 amide bonds. The second-order valence-corrected chi connectivity index (χ2v) is 7.65. The van der Waals surface area contributed by atoms with Gasteiger partial charge in [0.25, 0.3) is 0 Å². The lowest BCUT2D eigenvalue weighted by molar-refractivity contribution is -0.0749. The molecule has 1 unspecified atom stereocenters. The lowest BCUT2D eigenvalue weighted by Crippen LogP contribution is -2.56. The van der Waals surface area contributed by atoms with E-state index in [-0.39, 0.29) is 0 Å². The first kappa shape index (κ1) is 13.7. The van der Waals surface area contributed by atoms with E-state index in [4.69, 9.17) is 0 Å². The highest BCUT2D eigenvalue weighted by Gasteiger charge is 2.53. The molecule has 4 bridgehead atoms. The highest BCUT2D eigenvalue weighted by molar-refractivity contribution is 5.06. The van der Waals surface area contributed by atoms with Gasteiger partial charge in [0.1, 0.15) is 0 Å². The molecule has 1 atom stereocenters. The Bertz CT molecular complexity index is 284. The summed E-state index contributed by atoms with van der Waals surface area (Å²) in [4.78, 5) is 0. The Morgan fingerprint density at radius 3 is 2.21 bits per heavy atom. The van der Waals surface area contributed by atoms with Gasteiger partial charge in [-0.2, -0.15) is 0 Å². The zero-order chi connectivity index (χ0) is 13.3. The number of hydrogen-bond acceptors (Lipinski definition) is 1. The second kappa shape index (κ2) is 5.60. The summed E-state index contributed by atoms with van der Waals surface area (Å²) in [5, 5.41) is 3.91. The van der Waals surface area contributed by atoms with Crippen molar-refractivity contribution in [3.05, 3.63) is 12.7 Å². The number of rotatable bonds is 7. The third-order valence-electron chi connectivity index (χ3n) is 6.13. The molecule has 4 fully saturated rings. The van der Waals surface area contributed by atoms with Gasteiger partial charge < -0.3 is 5.32 Å². The van der Waals surface area contributed by atoms with Crippen molar-refractivity contribution in [3.8, 4) is 0 Å². The molecule has 0 aromatic rings. The van der Waals surface area contributed by atoms with Crippen molar-refractivity contribution in [1.29, 1.82) is 0 Å². The molecule has 0 heterocycles. The SMILES string of the molecule is C=CCCC(NCCC)C12CC3CC(CC(C3)C1)C2. The molecular weight excluding hydrogens is 230 g/mol. The summed E-state index contributed by atoms with van der Waals surface area (Å²) in [5.41, 5.74) is 0.660. The zero-order valence-corrected chi connectivity index (χ0v) is 12.7. The van der Waals surface area contributed by atoms with Gasteiger partial charge in [-0.1, -0.05) is 13.0 Å². The van der Waals surface area contributed by atoms with Crippen LogP contribution in [0.5, 0.6) is 0 Å². The highest BCUT2D eigenvalue weighted by atomic mass is 14.9. The summed E-state index contributed by atoms with van der Waals surface area (Å²) in [6, 6.07) is 0.763. The van der Waals surface area contributed by atoms with Gasteiger partial charge >= 0.3 is 0 Å². The molecule has 1 heteroatoms. The van der Waals surface area contributed by atoms with E-state index in [1.807, 2.05) is 0 Å². The minimum Gasteiger partial charge on any atom is -0.313 e. The summed E-state index contributed by atoms with van der Waals surface area (Å²) in [7, 11) is 0. The molecule has 0 aliphatic heterocycles. The summed E-state index contributed by atoms with van der Waals surface area (Å²) in [6.07, 6.45) is 15.1. The predicted octanol–water partition coefficient (Wildman–Crippen LogP) is 4.54. The van der Waals surface area contributed by atoms with E-state index in [1.165, 1.54) is 45.1 Å². The zero-order valence-electron chi connectivity index (χ0n) is 12.7. The van der Waals surface area contributed by atoms with E-state index in [9.17, 15) is 0 Å². The monoisotopic (exact) mass is 261 g/mol. The molecule has 0 aromatic heterocycles. The summed E-state index contributed by atoms with van der Waals surface area (Å²) in [6.45, 7) is 7.42. The Morgan fingerprint density at radius 2 is 1.74 bits per heavy atom. The van der Waals surface area contributed by atoms with Crippen LogP contribution < -0.4 is 5.32 Å². The van der Waals surface area contributed by atoms with Crippen LogP contribution in [0.15, 0.2) is 12.7 Å². The van der Waals surface area contributed by atoms with E-state index in [0.717, 1.165) is 23.8 Å². The third-order valence-corrected chi connectivity index (χ3v) is 6.13. The maximum Gasteiger partial charge on any atom is 0.0127 e. The molecule has 0 radical (unpaired) electrons. The highest BCUT2D eigenvalue weighted by Crippen LogP contribution is 2.61. The van der Waals surface area contributed by atoms with Crippen LogP contribution in [0.25, 0.3) is 0 Å². The van der Waals surface area contributed by atoms with Crippen molar-refractivity contribution in [2.24, 2.45) is 23.2 Å². The van der Waals surface area contributed by atoms with Gasteiger partial charge in [0.05, 0.1) is 0 Å². The van der Waals surface area contributed by atoms with E-state index in [0.29, 0.717) is 5.41 Å². The predicted molar refractivity (Wildman–Crippen MR) is 82.1 cm³/mol. The lowest BCUT2D eigenvalue weighted by Gasteiger charge is -2.59. The topological polar surface area (TPSA) is 12.0 Å². The van der Waals surface area contributed by atoms with Gasteiger partial charge in [0, 0.05) is 6.04 Å². The number of allylic oxidation sites excluding steroid dienone is 1. The molecule has 0 aromatic carbocycles. The average molecular weight is 261 g/mol. The van der Waals surface area contributed by atoms with Gasteiger partial charge in [-0.15, -0.1) is 6.58 Å². The van der Waals surface area contributed by atoms with Crippen LogP contribution in [0.4, 0.5) is 0 Å². The molecule has 19 heavy (non-hydrogen) atoms. The molecule has 1 nitrogen and oxygen atoms in total. The van der Waals surface area contributed by atoms with E-state index < -0.39 is 0 Å². The normalized spacial score (nSPS) is 41.4. The Kier molecular flexibility index (Phi) is 4.03. The smallest absolute Gasteiger partial charge is 0.0127 e. The van der Waals surface area contributed by atoms with E-state index in [2.05, 4.69) is 24.9 Å². The maximum absolute atomic E-state index is 3.93. The summed E-state index contributed by atoms with van der Waals surface area (Å²) >= 11 is 0. The Labute approximate surface area is 119 Å². The first-order valence-corrected chi connectivity index (χ1v) is 8.60. The van der Waals surface area contributed by atoms with Crippen molar-refractivity contribution in [2.75, 3.05) is 6.54 Å². The Balaban J connectivity index is 1.73. The van der Waals surface area contributed by atoms with Crippen LogP contribution in [0.1, 0.15) is 64.7 Å². The Hall–Kier alpha value is -0.300. The standard InChI is InChI=1S/C18H31N/c1-3-5-6-17(19-7-4-2)18-11-14-8-15(12-18)10-16(9-14)13-18/h3,14-17,19H,1,4-13H2,2H3. The summed E-state index contributed by atoms with van der Waals surface area (Å²) < 4.78 is 0. The van der Waals surface area contributed by atoms with Crippen LogP contribution >= 0.6 is 0 Å². The number of nitrogens with one attached hydrogen (secondary N) is 1. The summed E-state index contributed by atoms with van der Waals surface area (Å²) in [5.74, 6) is 3.21. The van der Waals surface area contributed by atoms with E-state index in [1.54, 1.807) is 19.3 Å². The molecule has 0 saturated heterocycles. The first-order chi connectivity index (χ1) is 9.25. The van der Waals surface area contributed by atoms with Gasteiger partial charge in [0.2, 0.25) is 0 Å². The van der Waals surface area contributed by atoms with Crippen LogP contribution in [-0.4, -0.2) is 12.6 Å². The molecule has 4 aliphatic carbocycles. The quantitative estimate of drug-likeness (QED) is 0.664. The van der Waals surface area contributed by atoms with E-state index >= 15 is 0 Å². The van der Waals surface area contributed by atoms with Gasteiger partial charge in [-0.3, -0.25) is 0 Å². The van der Waals surface area contributed by atoms with Gasteiger partial charge in [-0.25, -0.2) is 0 Å². The molecule has 4 rings (SSSR count). The molecular formula is C18H31N.